The quantitative estimate of drug-likeness (QED) is 0.454. The van der Waals surface area contributed by atoms with E-state index in [2.05, 4.69) is 15.5 Å². The number of hydrogen-bond donors (Lipinski definition) is 0. The molecule has 0 spiro atoms. The number of carbonyl (C=O) groups is 1. The third kappa shape index (κ3) is 3.51. The van der Waals surface area contributed by atoms with E-state index in [4.69, 9.17) is 11.6 Å². The summed E-state index contributed by atoms with van der Waals surface area (Å²) in [7, 11) is 0. The van der Waals surface area contributed by atoms with Crippen LogP contribution in [0.15, 0.2) is 29.4 Å². The van der Waals surface area contributed by atoms with Crippen molar-refractivity contribution in [1.82, 2.24) is 24.8 Å². The summed E-state index contributed by atoms with van der Waals surface area (Å²) < 4.78 is 17.2. The van der Waals surface area contributed by atoms with Crippen molar-refractivity contribution in [2.45, 2.75) is 37.9 Å². The molecule has 1 aliphatic carbocycles. The molecule has 6 nitrogen and oxygen atoms in total. The summed E-state index contributed by atoms with van der Waals surface area (Å²) in [5.41, 5.74) is 3.03. The van der Waals surface area contributed by atoms with Crippen LogP contribution in [-0.2, 0) is 0 Å². The molecule has 0 N–H and O–H groups in total. The maximum atomic E-state index is 13.5. The maximum absolute atomic E-state index is 13.5. The molecule has 0 aliphatic heterocycles. The predicted molar refractivity (Wildman–Crippen MR) is 101 cm³/mol. The Morgan fingerprint density at radius 2 is 2.11 bits per heavy atom. The van der Waals surface area contributed by atoms with Gasteiger partial charge in [0.2, 0.25) is 5.16 Å². The van der Waals surface area contributed by atoms with Gasteiger partial charge in [-0.2, -0.15) is 0 Å². The van der Waals surface area contributed by atoms with E-state index in [1.54, 1.807) is 16.8 Å². The first kappa shape index (κ1) is 18.2. The van der Waals surface area contributed by atoms with Crippen LogP contribution in [0.5, 0.6) is 0 Å². The Kier molecular flexibility index (Phi) is 4.77. The molecular weight excluding hydrogens is 389 g/mol. The molecule has 140 valence electrons. The second-order valence-corrected chi connectivity index (χ2v) is 7.92. The lowest BCUT2D eigenvalue weighted by atomic mass is 10.2. The van der Waals surface area contributed by atoms with Crippen LogP contribution in [0, 0.1) is 19.7 Å². The van der Waals surface area contributed by atoms with Crippen LogP contribution in [0.3, 0.4) is 0 Å². The average molecular weight is 406 g/mol. The largest absolute Gasteiger partial charge is 0.318 e. The summed E-state index contributed by atoms with van der Waals surface area (Å²) in [4.78, 5) is 12.8. The number of hydrogen-bond acceptors (Lipinski definition) is 5. The van der Waals surface area contributed by atoms with Crippen molar-refractivity contribution in [2.24, 2.45) is 0 Å². The van der Waals surface area contributed by atoms with E-state index in [1.807, 2.05) is 24.5 Å². The first-order valence-electron chi connectivity index (χ1n) is 8.54. The number of thioether (sulfide) groups is 1. The Hall–Kier alpha value is -2.19. The van der Waals surface area contributed by atoms with Gasteiger partial charge in [0.1, 0.15) is 5.82 Å². The molecule has 1 aromatic carbocycles. The standard InChI is InChI=1S/C18H17ClFN5OS/c1-10-7-14(11(2)24(10)13-5-6-16(20)15(19)8-13)17(26)9-27-18-21-22-23-25(18)12-3-4-12/h5-8,12H,3-4,9H2,1-2H3. The first-order chi connectivity index (χ1) is 13.0. The summed E-state index contributed by atoms with van der Waals surface area (Å²) in [5.74, 6) is -0.219. The highest BCUT2D eigenvalue weighted by atomic mass is 35.5. The molecule has 2 aromatic heterocycles. The number of benzene rings is 1. The number of rotatable bonds is 6. The van der Waals surface area contributed by atoms with Crippen LogP contribution in [0.4, 0.5) is 4.39 Å². The molecular formula is C18H17ClFN5OS. The highest BCUT2D eigenvalue weighted by molar-refractivity contribution is 7.99. The molecule has 1 saturated carbocycles. The number of nitrogens with zero attached hydrogens (tertiary/aromatic N) is 5. The van der Waals surface area contributed by atoms with Gasteiger partial charge in [0.25, 0.3) is 0 Å². The summed E-state index contributed by atoms with van der Waals surface area (Å²) in [6, 6.07) is 6.74. The summed E-state index contributed by atoms with van der Waals surface area (Å²) in [6.45, 7) is 3.78. The Balaban J connectivity index is 1.56. The van der Waals surface area contributed by atoms with E-state index in [9.17, 15) is 9.18 Å². The number of ketones is 1. The molecule has 3 aromatic rings. The zero-order chi connectivity index (χ0) is 19.1. The van der Waals surface area contributed by atoms with Crippen molar-refractivity contribution in [3.05, 3.63) is 52.1 Å². The van der Waals surface area contributed by atoms with Crippen LogP contribution in [-0.4, -0.2) is 36.3 Å². The molecule has 1 fully saturated rings. The minimum absolute atomic E-state index is 0.00194. The van der Waals surface area contributed by atoms with Crippen molar-refractivity contribution in [3.8, 4) is 5.69 Å². The molecule has 27 heavy (non-hydrogen) atoms. The van der Waals surface area contributed by atoms with Crippen LogP contribution in [0.2, 0.25) is 5.02 Å². The van der Waals surface area contributed by atoms with Gasteiger partial charge >= 0.3 is 0 Å². The second kappa shape index (κ2) is 7.09. The number of carbonyl (C=O) groups excluding carboxylic acids is 1. The average Bonchev–Trinajstić information content (AvgIpc) is 3.30. The van der Waals surface area contributed by atoms with Gasteiger partial charge < -0.3 is 4.57 Å². The van der Waals surface area contributed by atoms with E-state index >= 15 is 0 Å². The van der Waals surface area contributed by atoms with Gasteiger partial charge in [0.05, 0.1) is 16.8 Å². The van der Waals surface area contributed by atoms with Gasteiger partial charge in [-0.25, -0.2) is 9.07 Å². The normalized spacial score (nSPS) is 13.9. The van der Waals surface area contributed by atoms with E-state index in [0.29, 0.717) is 16.8 Å². The smallest absolute Gasteiger partial charge is 0.210 e. The SMILES string of the molecule is Cc1cc(C(=O)CSc2nnnn2C2CC2)c(C)n1-c1ccc(F)c(Cl)c1. The predicted octanol–water partition coefficient (Wildman–Crippen LogP) is 4.18. The van der Waals surface area contributed by atoms with Crippen molar-refractivity contribution in [1.29, 1.82) is 0 Å². The molecule has 9 heteroatoms. The Morgan fingerprint density at radius 1 is 1.33 bits per heavy atom. The maximum Gasteiger partial charge on any atom is 0.210 e. The van der Waals surface area contributed by atoms with Gasteiger partial charge in [-0.1, -0.05) is 23.4 Å². The van der Waals surface area contributed by atoms with Gasteiger partial charge in [-0.15, -0.1) is 5.10 Å². The van der Waals surface area contributed by atoms with E-state index in [0.717, 1.165) is 29.9 Å². The molecule has 0 bridgehead atoms. The topological polar surface area (TPSA) is 65.6 Å². The van der Waals surface area contributed by atoms with Crippen molar-refractivity contribution >= 4 is 29.1 Å². The zero-order valence-electron chi connectivity index (χ0n) is 14.8. The highest BCUT2D eigenvalue weighted by Crippen LogP contribution is 2.36. The first-order valence-corrected chi connectivity index (χ1v) is 9.90. The Bertz CT molecular complexity index is 1030. The number of Topliss-reactive ketones (excluding diaryl/α,β-unsaturated/α-hetero) is 1. The summed E-state index contributed by atoms with van der Waals surface area (Å²) >= 11 is 7.26. The lowest BCUT2D eigenvalue weighted by Gasteiger charge is -2.10. The van der Waals surface area contributed by atoms with Crippen molar-refractivity contribution in [3.63, 3.8) is 0 Å². The van der Waals surface area contributed by atoms with Gasteiger partial charge in [0.15, 0.2) is 5.78 Å². The molecule has 0 amide bonds. The zero-order valence-corrected chi connectivity index (χ0v) is 16.4. The fraction of sp³-hybridized carbons (Fsp3) is 0.333. The monoisotopic (exact) mass is 405 g/mol. The number of tetrazole rings is 1. The van der Waals surface area contributed by atoms with Gasteiger partial charge in [-0.05, 0) is 61.4 Å². The summed E-state index contributed by atoms with van der Waals surface area (Å²) in [5, 5.41) is 12.4. The Morgan fingerprint density at radius 3 is 2.81 bits per heavy atom. The number of aryl methyl sites for hydroxylation is 1. The molecule has 1 aliphatic rings. The van der Waals surface area contributed by atoms with Crippen LogP contribution >= 0.6 is 23.4 Å². The molecule has 0 radical (unpaired) electrons. The lowest BCUT2D eigenvalue weighted by Crippen LogP contribution is -2.07. The molecule has 0 saturated heterocycles. The Labute approximate surface area is 164 Å². The molecule has 0 unspecified atom stereocenters. The van der Waals surface area contributed by atoms with E-state index < -0.39 is 5.82 Å². The van der Waals surface area contributed by atoms with Crippen molar-refractivity contribution < 1.29 is 9.18 Å². The molecule has 2 heterocycles. The number of halogens is 2. The number of aromatic nitrogens is 5. The molecule has 4 rings (SSSR count). The third-order valence-corrected chi connectivity index (χ3v) is 5.80. The minimum Gasteiger partial charge on any atom is -0.318 e. The van der Waals surface area contributed by atoms with Gasteiger partial charge in [-0.3, -0.25) is 4.79 Å². The van der Waals surface area contributed by atoms with Crippen LogP contribution < -0.4 is 0 Å². The molecule has 0 atom stereocenters. The summed E-state index contributed by atoms with van der Waals surface area (Å²) in [6.07, 6.45) is 2.15. The van der Waals surface area contributed by atoms with Crippen LogP contribution in [0.1, 0.15) is 40.6 Å². The fourth-order valence-electron chi connectivity index (χ4n) is 3.10. The van der Waals surface area contributed by atoms with E-state index in [-0.39, 0.29) is 16.6 Å². The van der Waals surface area contributed by atoms with Gasteiger partial charge in [0, 0.05) is 22.6 Å². The van der Waals surface area contributed by atoms with Crippen LogP contribution in [0.25, 0.3) is 5.69 Å². The minimum atomic E-state index is -0.469. The van der Waals surface area contributed by atoms with E-state index in [1.165, 1.54) is 17.8 Å². The highest BCUT2D eigenvalue weighted by Gasteiger charge is 2.28. The second-order valence-electron chi connectivity index (χ2n) is 6.57. The fourth-order valence-corrected chi connectivity index (χ4v) is 4.11. The third-order valence-electron chi connectivity index (χ3n) is 4.58. The lowest BCUT2D eigenvalue weighted by molar-refractivity contribution is 0.102. The van der Waals surface area contributed by atoms with Crippen molar-refractivity contribution in [2.75, 3.05) is 5.75 Å².